The average molecular weight is 903 g/mol. The molecule has 64 heavy (non-hydrogen) atoms. The van der Waals surface area contributed by atoms with Gasteiger partial charge in [0.05, 0.1) is 13.2 Å². The van der Waals surface area contributed by atoms with Crippen LogP contribution in [0.2, 0.25) is 0 Å². The van der Waals surface area contributed by atoms with E-state index in [0.29, 0.717) is 12.8 Å². The number of esters is 2. The number of unbranched alkanes of at least 4 members (excludes halogenated alkanes) is 22. The lowest BCUT2D eigenvalue weighted by Gasteiger charge is -2.39. The fourth-order valence-electron chi connectivity index (χ4n) is 7.63. The molecule has 10 nitrogen and oxygen atoms in total. The lowest BCUT2D eigenvalue weighted by Crippen LogP contribution is -2.59. The summed E-state index contributed by atoms with van der Waals surface area (Å²) in [5.74, 6) is -0.839. The van der Waals surface area contributed by atoms with Gasteiger partial charge in [0.25, 0.3) is 0 Å². The van der Waals surface area contributed by atoms with Crippen molar-refractivity contribution in [3.05, 3.63) is 60.8 Å². The average Bonchev–Trinajstić information content (AvgIpc) is 3.29. The topological polar surface area (TPSA) is 152 Å². The number of allylic oxidation sites excluding steroid dienone is 10. The first kappa shape index (κ1) is 59.4. The molecule has 1 rings (SSSR count). The second-order valence-corrected chi connectivity index (χ2v) is 17.6. The monoisotopic (exact) mass is 903 g/mol. The standard InChI is InChI=1S/C54H94O10/c1-3-5-7-9-11-13-15-17-19-21-23-25-27-29-31-33-35-37-39-41-43-50(57)63-47(46-62-54-53(60)52(59)51(58)48(44-55)64-54)45-61-49(56)42-40-38-36-34-32-30-28-26-24-22-20-18-16-14-12-10-8-6-4-2/h6,8,12,14,18,20,24,26,30,32,47-48,51-55,58-60H,3-5,7,9-11,13,15-17,19,21-23,25,27-29,31,33-46H2,1-2H3/b8-6+,14-12+,20-18+,26-24+,32-30+/t47-,48-,51+,52?,53?,54-/m1/s1. The molecule has 0 aromatic heterocycles. The van der Waals surface area contributed by atoms with E-state index < -0.39 is 55.4 Å². The zero-order valence-electron chi connectivity index (χ0n) is 40.5. The molecule has 0 saturated carbocycles. The molecule has 370 valence electrons. The van der Waals surface area contributed by atoms with Crippen LogP contribution in [0.1, 0.15) is 213 Å². The lowest BCUT2D eigenvalue weighted by atomic mass is 9.99. The van der Waals surface area contributed by atoms with E-state index in [0.717, 1.165) is 70.6 Å². The number of carbonyl (C=O) groups is 2. The van der Waals surface area contributed by atoms with Crippen LogP contribution in [0.25, 0.3) is 0 Å². The maximum Gasteiger partial charge on any atom is 0.306 e. The molecular weight excluding hydrogens is 809 g/mol. The Balaban J connectivity index is 2.28. The number of aliphatic hydroxyl groups is 4. The predicted molar refractivity (Wildman–Crippen MR) is 261 cm³/mol. The maximum atomic E-state index is 12.8. The molecule has 1 saturated heterocycles. The highest BCUT2D eigenvalue weighted by Crippen LogP contribution is 2.23. The number of ether oxygens (including phenoxy) is 4. The van der Waals surface area contributed by atoms with E-state index in [2.05, 4.69) is 74.6 Å². The minimum absolute atomic E-state index is 0.224. The van der Waals surface area contributed by atoms with Crippen LogP contribution in [0.15, 0.2) is 60.8 Å². The predicted octanol–water partition coefficient (Wildman–Crippen LogP) is 12.2. The Morgan fingerprint density at radius 1 is 0.500 bits per heavy atom. The highest BCUT2D eigenvalue weighted by atomic mass is 16.7. The van der Waals surface area contributed by atoms with E-state index in [9.17, 15) is 30.0 Å². The zero-order chi connectivity index (χ0) is 46.6. The molecule has 0 bridgehead atoms. The van der Waals surface area contributed by atoms with Gasteiger partial charge >= 0.3 is 11.9 Å². The van der Waals surface area contributed by atoms with Gasteiger partial charge in [-0.15, -0.1) is 0 Å². The molecule has 6 atom stereocenters. The van der Waals surface area contributed by atoms with Crippen LogP contribution in [0.4, 0.5) is 0 Å². The molecular formula is C54H94O10. The van der Waals surface area contributed by atoms with Gasteiger partial charge in [0.15, 0.2) is 12.4 Å². The Morgan fingerprint density at radius 3 is 1.39 bits per heavy atom. The van der Waals surface area contributed by atoms with Gasteiger partial charge in [0.1, 0.15) is 31.0 Å². The van der Waals surface area contributed by atoms with Crippen molar-refractivity contribution < 1.29 is 49.0 Å². The van der Waals surface area contributed by atoms with Crippen LogP contribution >= 0.6 is 0 Å². The highest BCUT2D eigenvalue weighted by Gasteiger charge is 2.44. The van der Waals surface area contributed by atoms with Crippen LogP contribution in [-0.2, 0) is 28.5 Å². The van der Waals surface area contributed by atoms with Crippen molar-refractivity contribution in [2.75, 3.05) is 19.8 Å². The van der Waals surface area contributed by atoms with Gasteiger partial charge < -0.3 is 39.4 Å². The normalized spacial score (nSPS) is 19.9. The third-order valence-electron chi connectivity index (χ3n) is 11.7. The summed E-state index contributed by atoms with van der Waals surface area (Å²) in [6.45, 7) is 3.30. The van der Waals surface area contributed by atoms with Crippen molar-refractivity contribution in [3.63, 3.8) is 0 Å². The fourth-order valence-corrected chi connectivity index (χ4v) is 7.63. The van der Waals surface area contributed by atoms with E-state index >= 15 is 0 Å². The first-order chi connectivity index (χ1) is 31.3. The summed E-state index contributed by atoms with van der Waals surface area (Å²) in [5.41, 5.74) is 0. The minimum Gasteiger partial charge on any atom is -0.462 e. The van der Waals surface area contributed by atoms with Crippen molar-refractivity contribution >= 4 is 11.9 Å². The molecule has 0 spiro atoms. The summed E-state index contributed by atoms with van der Waals surface area (Å²) in [7, 11) is 0. The number of aliphatic hydroxyl groups excluding tert-OH is 4. The van der Waals surface area contributed by atoms with Gasteiger partial charge in [-0.25, -0.2) is 0 Å². The van der Waals surface area contributed by atoms with Crippen LogP contribution in [-0.4, -0.2) is 89.0 Å². The van der Waals surface area contributed by atoms with E-state index in [1.165, 1.54) is 103 Å². The summed E-state index contributed by atoms with van der Waals surface area (Å²) < 4.78 is 22.2. The van der Waals surface area contributed by atoms with E-state index in [1.54, 1.807) is 0 Å². The van der Waals surface area contributed by atoms with Crippen molar-refractivity contribution in [2.45, 2.75) is 250 Å². The second-order valence-electron chi connectivity index (χ2n) is 17.6. The molecule has 0 amide bonds. The van der Waals surface area contributed by atoms with Gasteiger partial charge in [-0.05, 0) is 57.8 Å². The van der Waals surface area contributed by atoms with Gasteiger partial charge in [0, 0.05) is 12.8 Å². The molecule has 0 aromatic rings. The van der Waals surface area contributed by atoms with Crippen LogP contribution in [0.3, 0.4) is 0 Å². The maximum absolute atomic E-state index is 12.8. The van der Waals surface area contributed by atoms with Crippen LogP contribution < -0.4 is 0 Å². The Morgan fingerprint density at radius 2 is 0.922 bits per heavy atom. The van der Waals surface area contributed by atoms with Gasteiger partial charge in [-0.1, -0.05) is 203 Å². The number of hydrogen-bond acceptors (Lipinski definition) is 10. The molecule has 1 aliphatic rings. The molecule has 1 fully saturated rings. The quantitative estimate of drug-likeness (QED) is 0.0264. The molecule has 1 heterocycles. The van der Waals surface area contributed by atoms with Crippen molar-refractivity contribution in [1.29, 1.82) is 0 Å². The molecule has 0 radical (unpaired) electrons. The summed E-state index contributed by atoms with van der Waals surface area (Å²) in [4.78, 5) is 25.5. The fraction of sp³-hybridized carbons (Fsp3) is 0.778. The Hall–Kier alpha value is -2.60. The van der Waals surface area contributed by atoms with Gasteiger partial charge in [0.2, 0.25) is 0 Å². The van der Waals surface area contributed by atoms with Crippen LogP contribution in [0, 0.1) is 0 Å². The largest absolute Gasteiger partial charge is 0.462 e. The first-order valence-corrected chi connectivity index (χ1v) is 25.9. The number of hydrogen-bond donors (Lipinski definition) is 4. The van der Waals surface area contributed by atoms with Crippen molar-refractivity contribution in [3.8, 4) is 0 Å². The lowest BCUT2D eigenvalue weighted by molar-refractivity contribution is -0.305. The highest BCUT2D eigenvalue weighted by molar-refractivity contribution is 5.70. The van der Waals surface area contributed by atoms with Gasteiger partial charge in [-0.2, -0.15) is 0 Å². The molecule has 0 aromatic carbocycles. The first-order valence-electron chi connectivity index (χ1n) is 25.9. The molecule has 1 aliphatic heterocycles. The smallest absolute Gasteiger partial charge is 0.306 e. The summed E-state index contributed by atoms with van der Waals surface area (Å²) in [6, 6.07) is 0. The number of carbonyl (C=O) groups excluding carboxylic acids is 2. The third kappa shape index (κ3) is 34.7. The Labute approximate surface area is 390 Å². The summed E-state index contributed by atoms with van der Waals surface area (Å²) >= 11 is 0. The number of rotatable bonds is 43. The van der Waals surface area contributed by atoms with E-state index in [-0.39, 0.29) is 26.1 Å². The molecule has 2 unspecified atom stereocenters. The second kappa shape index (κ2) is 44.2. The third-order valence-corrected chi connectivity index (χ3v) is 11.7. The van der Waals surface area contributed by atoms with E-state index in [1.807, 2.05) is 0 Å². The zero-order valence-corrected chi connectivity index (χ0v) is 40.5. The molecule has 0 aliphatic carbocycles. The Kier molecular flexibility index (Phi) is 41.1. The van der Waals surface area contributed by atoms with Crippen LogP contribution in [0.5, 0.6) is 0 Å². The van der Waals surface area contributed by atoms with E-state index in [4.69, 9.17) is 18.9 Å². The minimum atomic E-state index is -1.60. The SMILES string of the molecule is CC/C=C/C/C=C/C/C=C/C/C=C/C/C=C/CCCCCC(=O)OC[C@H](CO[C@@H]1O[C@H](CO)[C@H](O)C(O)C1O)OC(=O)CCCCCCCCCCCCCCCCCCCCCC. The summed E-state index contributed by atoms with van der Waals surface area (Å²) in [5, 5.41) is 40.2. The molecule has 10 heteroatoms. The summed E-state index contributed by atoms with van der Waals surface area (Å²) in [6.07, 6.45) is 48.0. The van der Waals surface area contributed by atoms with Gasteiger partial charge in [-0.3, -0.25) is 9.59 Å². The van der Waals surface area contributed by atoms with Crippen molar-refractivity contribution in [1.82, 2.24) is 0 Å². The Bertz CT molecular complexity index is 1230. The molecule has 4 N–H and O–H groups in total. The van der Waals surface area contributed by atoms with Crippen molar-refractivity contribution in [2.24, 2.45) is 0 Å².